The molecule has 2 aliphatic heterocycles. The number of hydrogen-bond acceptors (Lipinski definition) is 4. The first-order valence-electron chi connectivity index (χ1n) is 10.1. The van der Waals surface area contributed by atoms with E-state index in [4.69, 9.17) is 11.6 Å². The standard InChI is InChI=1S/C22H26ClN3O3S/c1-16-7-10-21(18(23)15-16)30(28,29)26-19-6-4-3-5-17(19)8-9-20(26)22(27)25-13-11-24(2)12-14-25/h3-7,10,15,20H,8-9,11-14H2,1-2H3. The van der Waals surface area contributed by atoms with Crippen LogP contribution in [0, 0.1) is 6.92 Å². The molecule has 1 atom stereocenters. The molecule has 0 aromatic heterocycles. The van der Waals surface area contributed by atoms with E-state index in [1.54, 1.807) is 29.2 Å². The van der Waals surface area contributed by atoms with Crippen LogP contribution in [0.15, 0.2) is 47.4 Å². The molecule has 1 saturated heterocycles. The van der Waals surface area contributed by atoms with Gasteiger partial charge in [-0.15, -0.1) is 0 Å². The summed E-state index contributed by atoms with van der Waals surface area (Å²) < 4.78 is 28.9. The molecule has 0 bridgehead atoms. The third-order valence-electron chi connectivity index (χ3n) is 5.92. The third kappa shape index (κ3) is 3.82. The highest BCUT2D eigenvalue weighted by molar-refractivity contribution is 7.93. The molecule has 0 N–H and O–H groups in total. The Balaban J connectivity index is 1.78. The lowest BCUT2D eigenvalue weighted by Gasteiger charge is -2.41. The van der Waals surface area contributed by atoms with E-state index in [0.717, 1.165) is 24.2 Å². The summed E-state index contributed by atoms with van der Waals surface area (Å²) in [6.07, 6.45) is 1.11. The molecule has 0 radical (unpaired) electrons. The van der Waals surface area contributed by atoms with Gasteiger partial charge in [-0.1, -0.05) is 35.9 Å². The number of anilines is 1. The van der Waals surface area contributed by atoms with E-state index in [-0.39, 0.29) is 15.8 Å². The Bertz CT molecular complexity index is 1070. The molecule has 30 heavy (non-hydrogen) atoms. The molecule has 0 spiro atoms. The minimum absolute atomic E-state index is 0.0302. The van der Waals surface area contributed by atoms with Crippen LogP contribution < -0.4 is 4.31 Å². The lowest BCUT2D eigenvalue weighted by atomic mass is 9.97. The van der Waals surface area contributed by atoms with Gasteiger partial charge in [0.2, 0.25) is 5.91 Å². The van der Waals surface area contributed by atoms with Crippen molar-refractivity contribution in [1.82, 2.24) is 9.80 Å². The molecule has 0 saturated carbocycles. The van der Waals surface area contributed by atoms with Gasteiger partial charge < -0.3 is 9.80 Å². The summed E-state index contributed by atoms with van der Waals surface area (Å²) in [5, 5.41) is 0.170. The number of likely N-dealkylation sites (N-methyl/N-ethyl adjacent to an activating group) is 1. The van der Waals surface area contributed by atoms with Crippen LogP contribution in [-0.4, -0.2) is 63.4 Å². The summed E-state index contributed by atoms with van der Waals surface area (Å²) in [6.45, 7) is 4.63. The molecule has 1 amide bonds. The lowest BCUT2D eigenvalue weighted by Crippen LogP contribution is -2.56. The number of nitrogens with zero attached hydrogens (tertiary/aromatic N) is 3. The summed E-state index contributed by atoms with van der Waals surface area (Å²) in [4.78, 5) is 17.5. The summed E-state index contributed by atoms with van der Waals surface area (Å²) in [5.41, 5.74) is 2.36. The second kappa shape index (κ2) is 8.21. The van der Waals surface area contributed by atoms with Crippen LogP contribution in [0.5, 0.6) is 0 Å². The number of piperazine rings is 1. The smallest absolute Gasteiger partial charge is 0.266 e. The molecule has 4 rings (SSSR count). The Labute approximate surface area is 183 Å². The van der Waals surface area contributed by atoms with Gasteiger partial charge in [0.1, 0.15) is 10.9 Å². The first kappa shape index (κ1) is 21.2. The number of fused-ring (bicyclic) bond motifs is 1. The lowest BCUT2D eigenvalue weighted by molar-refractivity contribution is -0.134. The van der Waals surface area contributed by atoms with E-state index in [1.807, 2.05) is 26.1 Å². The first-order chi connectivity index (χ1) is 14.3. The SMILES string of the molecule is Cc1ccc(S(=O)(=O)N2c3ccccc3CCC2C(=O)N2CCN(C)CC2)c(Cl)c1. The van der Waals surface area contributed by atoms with Crippen molar-refractivity contribution >= 4 is 33.2 Å². The Morgan fingerprint density at radius 2 is 1.77 bits per heavy atom. The number of aryl methyl sites for hydroxylation is 2. The van der Waals surface area contributed by atoms with Crippen LogP contribution in [0.4, 0.5) is 5.69 Å². The Hall–Kier alpha value is -2.09. The first-order valence-corrected chi connectivity index (χ1v) is 12.0. The summed E-state index contributed by atoms with van der Waals surface area (Å²) in [7, 11) is -2.00. The molecular formula is C22H26ClN3O3S. The molecule has 8 heteroatoms. The molecule has 1 unspecified atom stereocenters. The normalized spacial score (nSPS) is 20.2. The fraction of sp³-hybridized carbons (Fsp3) is 0.409. The van der Waals surface area contributed by atoms with E-state index in [0.29, 0.717) is 31.6 Å². The van der Waals surface area contributed by atoms with E-state index < -0.39 is 16.1 Å². The third-order valence-corrected chi connectivity index (χ3v) is 8.23. The quantitative estimate of drug-likeness (QED) is 0.725. The molecule has 0 aliphatic carbocycles. The molecule has 6 nitrogen and oxygen atoms in total. The maximum absolute atomic E-state index is 13.8. The number of para-hydroxylation sites is 1. The summed E-state index contributed by atoms with van der Waals surface area (Å²) >= 11 is 6.35. The number of carbonyl (C=O) groups is 1. The maximum Gasteiger partial charge on any atom is 0.266 e. The van der Waals surface area contributed by atoms with E-state index in [9.17, 15) is 13.2 Å². The number of amides is 1. The van der Waals surface area contributed by atoms with Gasteiger partial charge in [0.25, 0.3) is 10.0 Å². The van der Waals surface area contributed by atoms with Crippen molar-refractivity contribution in [3.8, 4) is 0 Å². The predicted octanol–water partition coefficient (Wildman–Crippen LogP) is 2.93. The minimum Gasteiger partial charge on any atom is -0.338 e. The van der Waals surface area contributed by atoms with Crippen molar-refractivity contribution in [2.75, 3.05) is 37.5 Å². The average Bonchev–Trinajstić information content (AvgIpc) is 2.72. The van der Waals surface area contributed by atoms with E-state index in [2.05, 4.69) is 4.90 Å². The van der Waals surface area contributed by atoms with Gasteiger partial charge in [0, 0.05) is 26.2 Å². The second-order valence-corrected chi connectivity index (χ2v) is 10.2. The number of benzene rings is 2. The predicted molar refractivity (Wildman–Crippen MR) is 118 cm³/mol. The average molecular weight is 448 g/mol. The number of hydrogen-bond donors (Lipinski definition) is 0. The van der Waals surface area contributed by atoms with Gasteiger partial charge in [0.15, 0.2) is 0 Å². The van der Waals surface area contributed by atoms with Crippen LogP contribution in [0.2, 0.25) is 5.02 Å². The molecular weight excluding hydrogens is 422 g/mol. The summed E-state index contributed by atoms with van der Waals surface area (Å²) in [6, 6.07) is 11.5. The van der Waals surface area contributed by atoms with Crippen molar-refractivity contribution in [3.05, 3.63) is 58.6 Å². The number of halogens is 1. The van der Waals surface area contributed by atoms with Crippen molar-refractivity contribution in [2.24, 2.45) is 0 Å². The van der Waals surface area contributed by atoms with Crippen molar-refractivity contribution in [3.63, 3.8) is 0 Å². The molecule has 2 heterocycles. The molecule has 2 aromatic carbocycles. The van der Waals surface area contributed by atoms with Crippen molar-refractivity contribution in [1.29, 1.82) is 0 Å². The number of rotatable bonds is 3. The van der Waals surface area contributed by atoms with Gasteiger partial charge in [-0.25, -0.2) is 8.42 Å². The minimum atomic E-state index is -4.02. The van der Waals surface area contributed by atoms with Crippen LogP contribution in [-0.2, 0) is 21.2 Å². The van der Waals surface area contributed by atoms with Gasteiger partial charge >= 0.3 is 0 Å². The van der Waals surface area contributed by atoms with Crippen molar-refractivity contribution < 1.29 is 13.2 Å². The molecule has 2 aromatic rings. The molecule has 2 aliphatic rings. The number of carbonyl (C=O) groups excluding carboxylic acids is 1. The zero-order valence-electron chi connectivity index (χ0n) is 17.2. The topological polar surface area (TPSA) is 60.9 Å². The fourth-order valence-electron chi connectivity index (χ4n) is 4.19. The highest BCUT2D eigenvalue weighted by Crippen LogP contribution is 2.38. The van der Waals surface area contributed by atoms with Crippen LogP contribution in [0.25, 0.3) is 0 Å². The van der Waals surface area contributed by atoms with Crippen molar-refractivity contribution in [2.45, 2.75) is 30.7 Å². The Kier molecular flexibility index (Phi) is 5.79. The molecule has 1 fully saturated rings. The highest BCUT2D eigenvalue weighted by Gasteiger charge is 2.42. The van der Waals surface area contributed by atoms with Gasteiger partial charge in [-0.3, -0.25) is 9.10 Å². The van der Waals surface area contributed by atoms with E-state index in [1.165, 1.54) is 10.4 Å². The largest absolute Gasteiger partial charge is 0.338 e. The second-order valence-electron chi connectivity index (χ2n) is 8.05. The Morgan fingerprint density at radius 3 is 2.47 bits per heavy atom. The maximum atomic E-state index is 13.8. The number of sulfonamides is 1. The highest BCUT2D eigenvalue weighted by atomic mass is 35.5. The monoisotopic (exact) mass is 447 g/mol. The van der Waals surface area contributed by atoms with Crippen LogP contribution in [0.3, 0.4) is 0 Å². The fourth-order valence-corrected chi connectivity index (χ4v) is 6.45. The van der Waals surface area contributed by atoms with Gasteiger partial charge in [0.05, 0.1) is 10.7 Å². The van der Waals surface area contributed by atoms with Crippen LogP contribution >= 0.6 is 11.6 Å². The van der Waals surface area contributed by atoms with Crippen LogP contribution in [0.1, 0.15) is 17.5 Å². The zero-order valence-corrected chi connectivity index (χ0v) is 18.8. The zero-order chi connectivity index (χ0) is 21.5. The molecule has 160 valence electrons. The van der Waals surface area contributed by atoms with E-state index >= 15 is 0 Å². The Morgan fingerprint density at radius 1 is 1.07 bits per heavy atom. The summed E-state index contributed by atoms with van der Waals surface area (Å²) in [5.74, 6) is -0.135. The van der Waals surface area contributed by atoms with Gasteiger partial charge in [-0.05, 0) is 56.1 Å². The van der Waals surface area contributed by atoms with Gasteiger partial charge in [-0.2, -0.15) is 0 Å².